The minimum Gasteiger partial charge on any atom is -0.338 e. The summed E-state index contributed by atoms with van der Waals surface area (Å²) in [6, 6.07) is -0.116. The van der Waals surface area contributed by atoms with Crippen LogP contribution in [-0.4, -0.2) is 48.6 Å². The fourth-order valence-electron chi connectivity index (χ4n) is 1.74. The summed E-state index contributed by atoms with van der Waals surface area (Å²) in [7, 11) is -2.90. The molecule has 1 rings (SSSR count). The Bertz CT molecular complexity index is 315. The summed E-state index contributed by atoms with van der Waals surface area (Å²) in [4.78, 5) is 13.1. The van der Waals surface area contributed by atoms with Crippen LogP contribution in [0.25, 0.3) is 0 Å². The number of carbonyl (C=O) groups is 1. The van der Waals surface area contributed by atoms with Crippen LogP contribution >= 0.6 is 15.9 Å². The van der Waals surface area contributed by atoms with Crippen molar-refractivity contribution in [1.82, 2.24) is 4.90 Å². The van der Waals surface area contributed by atoms with Crippen LogP contribution < -0.4 is 0 Å². The van der Waals surface area contributed by atoms with Crippen molar-refractivity contribution in [3.05, 3.63) is 0 Å². The van der Waals surface area contributed by atoms with E-state index in [1.807, 2.05) is 6.92 Å². The van der Waals surface area contributed by atoms with Crippen LogP contribution in [0.15, 0.2) is 0 Å². The SMILES string of the molecule is CCN(C(=O)CBr)C1CCS(=O)(=O)C1. The van der Waals surface area contributed by atoms with Crippen LogP contribution in [0.2, 0.25) is 0 Å². The number of carbonyl (C=O) groups excluding carboxylic acids is 1. The van der Waals surface area contributed by atoms with Gasteiger partial charge in [0.05, 0.1) is 16.8 Å². The first-order valence-corrected chi connectivity index (χ1v) is 7.50. The highest BCUT2D eigenvalue weighted by Crippen LogP contribution is 2.17. The molecule has 1 fully saturated rings. The largest absolute Gasteiger partial charge is 0.338 e. The molecule has 0 aromatic heterocycles. The molecular formula is C8H14BrNO3S. The normalized spacial score (nSPS) is 24.9. The molecule has 1 aliphatic heterocycles. The number of sulfone groups is 1. The van der Waals surface area contributed by atoms with Crippen LogP contribution in [0.5, 0.6) is 0 Å². The third kappa shape index (κ3) is 2.70. The summed E-state index contributed by atoms with van der Waals surface area (Å²) >= 11 is 3.09. The Morgan fingerprint density at radius 3 is 2.57 bits per heavy atom. The number of amides is 1. The average molecular weight is 284 g/mol. The minimum absolute atomic E-state index is 0.0328. The molecule has 1 heterocycles. The fourth-order valence-corrected chi connectivity index (χ4v) is 3.79. The van der Waals surface area contributed by atoms with Crippen LogP contribution in [0, 0.1) is 0 Å². The van der Waals surface area contributed by atoms with Crippen LogP contribution in [0.3, 0.4) is 0 Å². The molecule has 0 radical (unpaired) electrons. The summed E-state index contributed by atoms with van der Waals surface area (Å²) in [5.41, 5.74) is 0. The summed E-state index contributed by atoms with van der Waals surface area (Å²) in [5.74, 6) is 0.304. The molecule has 14 heavy (non-hydrogen) atoms. The summed E-state index contributed by atoms with van der Waals surface area (Å²) in [5, 5.41) is 0.261. The quantitative estimate of drug-likeness (QED) is 0.706. The van der Waals surface area contributed by atoms with Gasteiger partial charge in [0.15, 0.2) is 9.84 Å². The highest BCUT2D eigenvalue weighted by Gasteiger charge is 2.33. The van der Waals surface area contributed by atoms with Gasteiger partial charge in [-0.25, -0.2) is 8.42 Å². The molecule has 6 heteroatoms. The number of hydrogen-bond acceptors (Lipinski definition) is 3. The van der Waals surface area contributed by atoms with Crippen molar-refractivity contribution in [3.8, 4) is 0 Å². The third-order valence-corrected chi connectivity index (χ3v) is 4.65. The van der Waals surface area contributed by atoms with E-state index >= 15 is 0 Å². The first kappa shape index (κ1) is 12.0. The minimum atomic E-state index is -2.90. The number of nitrogens with zero attached hydrogens (tertiary/aromatic N) is 1. The Labute approximate surface area is 92.7 Å². The van der Waals surface area contributed by atoms with Gasteiger partial charge < -0.3 is 4.90 Å². The molecule has 1 aliphatic rings. The van der Waals surface area contributed by atoms with Crippen molar-refractivity contribution in [2.45, 2.75) is 19.4 Å². The molecule has 0 bridgehead atoms. The van der Waals surface area contributed by atoms with Crippen LogP contribution in [-0.2, 0) is 14.6 Å². The standard InChI is InChI=1S/C8H14BrNO3S/c1-2-10(8(11)5-9)7-3-4-14(12,13)6-7/h7H,2-6H2,1H3. The van der Waals surface area contributed by atoms with Gasteiger partial charge in [-0.2, -0.15) is 0 Å². The highest BCUT2D eigenvalue weighted by atomic mass is 79.9. The van der Waals surface area contributed by atoms with Gasteiger partial charge in [-0.15, -0.1) is 0 Å². The topological polar surface area (TPSA) is 54.5 Å². The smallest absolute Gasteiger partial charge is 0.233 e. The Hall–Kier alpha value is -0.100. The van der Waals surface area contributed by atoms with E-state index in [2.05, 4.69) is 15.9 Å². The molecule has 0 aromatic carbocycles. The van der Waals surface area contributed by atoms with Crippen molar-refractivity contribution < 1.29 is 13.2 Å². The van der Waals surface area contributed by atoms with E-state index in [4.69, 9.17) is 0 Å². The first-order chi connectivity index (χ1) is 6.50. The molecule has 0 N–H and O–H groups in total. The zero-order valence-electron chi connectivity index (χ0n) is 8.07. The lowest BCUT2D eigenvalue weighted by Crippen LogP contribution is -2.41. The molecule has 1 atom stereocenters. The first-order valence-electron chi connectivity index (χ1n) is 4.56. The van der Waals surface area contributed by atoms with Crippen molar-refractivity contribution in [1.29, 1.82) is 0 Å². The highest BCUT2D eigenvalue weighted by molar-refractivity contribution is 9.09. The molecule has 4 nitrogen and oxygen atoms in total. The van der Waals surface area contributed by atoms with Crippen LogP contribution in [0.1, 0.15) is 13.3 Å². The predicted molar refractivity (Wildman–Crippen MR) is 58.2 cm³/mol. The Balaban J connectivity index is 2.69. The van der Waals surface area contributed by atoms with Crippen molar-refractivity contribution in [2.24, 2.45) is 0 Å². The number of hydrogen-bond donors (Lipinski definition) is 0. The lowest BCUT2D eigenvalue weighted by atomic mass is 10.2. The molecule has 1 amide bonds. The number of rotatable bonds is 3. The van der Waals surface area contributed by atoms with Gasteiger partial charge in [-0.1, -0.05) is 15.9 Å². The molecule has 1 unspecified atom stereocenters. The van der Waals surface area contributed by atoms with Gasteiger partial charge in [0.25, 0.3) is 0 Å². The van der Waals surface area contributed by atoms with E-state index in [0.29, 0.717) is 13.0 Å². The third-order valence-electron chi connectivity index (χ3n) is 2.42. The molecule has 0 saturated carbocycles. The molecular weight excluding hydrogens is 270 g/mol. The van der Waals surface area contributed by atoms with Gasteiger partial charge in [0, 0.05) is 12.6 Å². The molecule has 0 spiro atoms. The monoisotopic (exact) mass is 283 g/mol. The second-order valence-corrected chi connectivity index (χ2v) is 6.16. The maximum atomic E-state index is 11.4. The second kappa shape index (κ2) is 4.61. The lowest BCUT2D eigenvalue weighted by molar-refractivity contribution is -0.129. The molecule has 1 saturated heterocycles. The van der Waals surface area contributed by atoms with E-state index in [0.717, 1.165) is 0 Å². The Kier molecular flexibility index (Phi) is 3.94. The maximum Gasteiger partial charge on any atom is 0.233 e. The van der Waals surface area contributed by atoms with E-state index in [9.17, 15) is 13.2 Å². The zero-order chi connectivity index (χ0) is 10.8. The van der Waals surface area contributed by atoms with Gasteiger partial charge in [0.1, 0.15) is 0 Å². The van der Waals surface area contributed by atoms with Crippen molar-refractivity contribution in [2.75, 3.05) is 23.4 Å². The summed E-state index contributed by atoms with van der Waals surface area (Å²) in [6.45, 7) is 2.44. The summed E-state index contributed by atoms with van der Waals surface area (Å²) in [6.07, 6.45) is 0.578. The van der Waals surface area contributed by atoms with E-state index in [1.54, 1.807) is 4.90 Å². The van der Waals surface area contributed by atoms with Crippen LogP contribution in [0.4, 0.5) is 0 Å². The van der Waals surface area contributed by atoms with Gasteiger partial charge in [0.2, 0.25) is 5.91 Å². The number of halogens is 1. The van der Waals surface area contributed by atoms with E-state index < -0.39 is 9.84 Å². The predicted octanol–water partition coefficient (Wildman–Crippen LogP) is 0.417. The molecule has 0 aliphatic carbocycles. The van der Waals surface area contributed by atoms with Crippen molar-refractivity contribution >= 4 is 31.7 Å². The van der Waals surface area contributed by atoms with Gasteiger partial charge >= 0.3 is 0 Å². The molecule has 0 aromatic rings. The second-order valence-electron chi connectivity index (χ2n) is 3.37. The maximum absolute atomic E-state index is 11.4. The zero-order valence-corrected chi connectivity index (χ0v) is 10.5. The van der Waals surface area contributed by atoms with Gasteiger partial charge in [-0.3, -0.25) is 4.79 Å². The Morgan fingerprint density at radius 2 is 2.21 bits per heavy atom. The molecule has 82 valence electrons. The average Bonchev–Trinajstić information content (AvgIpc) is 2.47. The fraction of sp³-hybridized carbons (Fsp3) is 0.875. The van der Waals surface area contributed by atoms with E-state index in [1.165, 1.54) is 0 Å². The van der Waals surface area contributed by atoms with Gasteiger partial charge in [-0.05, 0) is 13.3 Å². The Morgan fingerprint density at radius 1 is 1.57 bits per heavy atom. The van der Waals surface area contributed by atoms with Crippen molar-refractivity contribution in [3.63, 3.8) is 0 Å². The number of alkyl halides is 1. The van der Waals surface area contributed by atoms with E-state index in [-0.39, 0.29) is 28.8 Å². The lowest BCUT2D eigenvalue weighted by Gasteiger charge is -2.25. The summed E-state index contributed by atoms with van der Waals surface area (Å²) < 4.78 is 22.4.